The Morgan fingerprint density at radius 3 is 2.17 bits per heavy atom. The SMILES string of the molecule is CCOC(C1CC1)C(N)c1ccc(C(C)C)cc1. The smallest absolute Gasteiger partial charge is 0.0795 e. The van der Waals surface area contributed by atoms with Gasteiger partial charge in [0.05, 0.1) is 12.1 Å². The normalized spacial score (nSPS) is 18.9. The Balaban J connectivity index is 2.08. The van der Waals surface area contributed by atoms with Crippen LogP contribution in [0.3, 0.4) is 0 Å². The lowest BCUT2D eigenvalue weighted by molar-refractivity contribution is 0.0283. The number of hydrogen-bond donors (Lipinski definition) is 1. The molecule has 2 atom stereocenters. The summed E-state index contributed by atoms with van der Waals surface area (Å²) in [5, 5.41) is 0. The van der Waals surface area contributed by atoms with Crippen molar-refractivity contribution in [2.24, 2.45) is 11.7 Å². The first kappa shape index (κ1) is 13.6. The summed E-state index contributed by atoms with van der Waals surface area (Å²) >= 11 is 0. The van der Waals surface area contributed by atoms with Crippen molar-refractivity contribution in [3.05, 3.63) is 35.4 Å². The van der Waals surface area contributed by atoms with E-state index in [1.54, 1.807) is 0 Å². The Labute approximate surface area is 111 Å². The van der Waals surface area contributed by atoms with Gasteiger partial charge in [0, 0.05) is 6.61 Å². The molecule has 0 radical (unpaired) electrons. The molecule has 0 bridgehead atoms. The first-order chi connectivity index (χ1) is 8.63. The fourth-order valence-corrected chi connectivity index (χ4v) is 2.44. The molecule has 1 aliphatic rings. The van der Waals surface area contributed by atoms with E-state index >= 15 is 0 Å². The van der Waals surface area contributed by atoms with Crippen molar-refractivity contribution >= 4 is 0 Å². The number of rotatable bonds is 6. The van der Waals surface area contributed by atoms with Gasteiger partial charge in [0.15, 0.2) is 0 Å². The van der Waals surface area contributed by atoms with E-state index < -0.39 is 0 Å². The lowest BCUT2D eigenvalue weighted by Crippen LogP contribution is -2.30. The third kappa shape index (κ3) is 3.12. The monoisotopic (exact) mass is 247 g/mol. The van der Waals surface area contributed by atoms with Gasteiger partial charge >= 0.3 is 0 Å². The van der Waals surface area contributed by atoms with Crippen molar-refractivity contribution in [3.63, 3.8) is 0 Å². The van der Waals surface area contributed by atoms with E-state index in [1.165, 1.54) is 24.0 Å². The minimum atomic E-state index is 0.0127. The second kappa shape index (κ2) is 5.85. The quantitative estimate of drug-likeness (QED) is 0.833. The number of benzene rings is 1. The van der Waals surface area contributed by atoms with Crippen LogP contribution >= 0.6 is 0 Å². The fourth-order valence-electron chi connectivity index (χ4n) is 2.44. The third-order valence-corrected chi connectivity index (χ3v) is 3.79. The molecule has 2 N–H and O–H groups in total. The molecular formula is C16H25NO. The van der Waals surface area contributed by atoms with Gasteiger partial charge in [0.1, 0.15) is 0 Å². The topological polar surface area (TPSA) is 35.2 Å². The van der Waals surface area contributed by atoms with Crippen LogP contribution in [0.15, 0.2) is 24.3 Å². The van der Waals surface area contributed by atoms with Crippen LogP contribution in [0.5, 0.6) is 0 Å². The van der Waals surface area contributed by atoms with Gasteiger partial charge in [-0.3, -0.25) is 0 Å². The lowest BCUT2D eigenvalue weighted by atomic mass is 9.95. The summed E-state index contributed by atoms with van der Waals surface area (Å²) < 4.78 is 5.83. The lowest BCUT2D eigenvalue weighted by Gasteiger charge is -2.24. The molecule has 100 valence electrons. The second-order valence-electron chi connectivity index (χ2n) is 5.60. The maximum Gasteiger partial charge on any atom is 0.0795 e. The van der Waals surface area contributed by atoms with Crippen LogP contribution in [0.25, 0.3) is 0 Å². The fraction of sp³-hybridized carbons (Fsp3) is 0.625. The summed E-state index contributed by atoms with van der Waals surface area (Å²) in [6.07, 6.45) is 2.73. The van der Waals surface area contributed by atoms with E-state index in [4.69, 9.17) is 10.5 Å². The van der Waals surface area contributed by atoms with Crippen LogP contribution in [0.1, 0.15) is 56.7 Å². The number of ether oxygens (including phenoxy) is 1. The minimum absolute atomic E-state index is 0.0127. The molecule has 2 nitrogen and oxygen atoms in total. The zero-order chi connectivity index (χ0) is 13.1. The van der Waals surface area contributed by atoms with Crippen LogP contribution in [0.4, 0.5) is 0 Å². The van der Waals surface area contributed by atoms with Gasteiger partial charge < -0.3 is 10.5 Å². The standard InChI is InChI=1S/C16H25NO/c1-4-18-16(14-9-10-14)15(17)13-7-5-12(6-8-13)11(2)3/h5-8,11,14-16H,4,9-10,17H2,1-3H3. The molecule has 0 aliphatic heterocycles. The van der Waals surface area contributed by atoms with Crippen LogP contribution in [-0.4, -0.2) is 12.7 Å². The Bertz CT molecular complexity index is 367. The molecule has 2 rings (SSSR count). The molecule has 0 amide bonds. The van der Waals surface area contributed by atoms with Gasteiger partial charge in [0.25, 0.3) is 0 Å². The molecule has 0 aromatic heterocycles. The summed E-state index contributed by atoms with van der Waals surface area (Å²) in [6, 6.07) is 8.72. The van der Waals surface area contributed by atoms with Gasteiger partial charge in [-0.05, 0) is 42.7 Å². The van der Waals surface area contributed by atoms with Crippen LogP contribution in [0, 0.1) is 5.92 Å². The van der Waals surface area contributed by atoms with Crippen molar-refractivity contribution < 1.29 is 4.74 Å². The summed E-state index contributed by atoms with van der Waals surface area (Å²) in [5.41, 5.74) is 8.93. The molecule has 1 saturated carbocycles. The van der Waals surface area contributed by atoms with E-state index in [1.807, 2.05) is 6.92 Å². The third-order valence-electron chi connectivity index (χ3n) is 3.79. The van der Waals surface area contributed by atoms with Gasteiger partial charge in [-0.25, -0.2) is 0 Å². The molecule has 1 aromatic rings. The summed E-state index contributed by atoms with van der Waals surface area (Å²) in [6.45, 7) is 7.22. The Morgan fingerprint density at radius 1 is 1.17 bits per heavy atom. The summed E-state index contributed by atoms with van der Waals surface area (Å²) in [7, 11) is 0. The van der Waals surface area contributed by atoms with Crippen molar-refractivity contribution in [2.45, 2.75) is 51.7 Å². The predicted octanol–water partition coefficient (Wildman–Crippen LogP) is 3.62. The minimum Gasteiger partial charge on any atom is -0.376 e. The largest absolute Gasteiger partial charge is 0.376 e. The first-order valence-corrected chi connectivity index (χ1v) is 7.10. The van der Waals surface area contributed by atoms with E-state index in [2.05, 4.69) is 38.1 Å². The van der Waals surface area contributed by atoms with Gasteiger partial charge in [-0.2, -0.15) is 0 Å². The van der Waals surface area contributed by atoms with Crippen LogP contribution in [0.2, 0.25) is 0 Å². The van der Waals surface area contributed by atoms with Crippen molar-refractivity contribution in [2.75, 3.05) is 6.61 Å². The van der Waals surface area contributed by atoms with E-state index in [0.29, 0.717) is 11.8 Å². The van der Waals surface area contributed by atoms with Crippen molar-refractivity contribution in [1.29, 1.82) is 0 Å². The van der Waals surface area contributed by atoms with Gasteiger partial charge in [0.2, 0.25) is 0 Å². The van der Waals surface area contributed by atoms with Crippen molar-refractivity contribution in [3.8, 4) is 0 Å². The highest BCUT2D eigenvalue weighted by Crippen LogP contribution is 2.39. The first-order valence-electron chi connectivity index (χ1n) is 7.10. The zero-order valence-electron chi connectivity index (χ0n) is 11.7. The highest BCUT2D eigenvalue weighted by Gasteiger charge is 2.36. The average Bonchev–Trinajstić information content (AvgIpc) is 3.19. The molecule has 2 heteroatoms. The molecule has 0 spiro atoms. The number of nitrogens with two attached hydrogens (primary N) is 1. The zero-order valence-corrected chi connectivity index (χ0v) is 11.7. The van der Waals surface area contributed by atoms with Crippen molar-refractivity contribution in [1.82, 2.24) is 0 Å². The predicted molar refractivity (Wildman–Crippen MR) is 75.6 cm³/mol. The van der Waals surface area contributed by atoms with Crippen LogP contribution < -0.4 is 5.73 Å². The maximum atomic E-state index is 6.37. The average molecular weight is 247 g/mol. The van der Waals surface area contributed by atoms with E-state index in [0.717, 1.165) is 6.61 Å². The van der Waals surface area contributed by atoms with E-state index in [-0.39, 0.29) is 12.1 Å². The van der Waals surface area contributed by atoms with E-state index in [9.17, 15) is 0 Å². The molecule has 1 aliphatic carbocycles. The summed E-state index contributed by atoms with van der Waals surface area (Å²) in [5.74, 6) is 1.24. The second-order valence-corrected chi connectivity index (χ2v) is 5.60. The highest BCUT2D eigenvalue weighted by atomic mass is 16.5. The van der Waals surface area contributed by atoms with Gasteiger partial charge in [-0.15, -0.1) is 0 Å². The molecule has 1 aromatic carbocycles. The molecule has 1 fully saturated rings. The highest BCUT2D eigenvalue weighted by molar-refractivity contribution is 5.27. The Kier molecular flexibility index (Phi) is 4.41. The maximum absolute atomic E-state index is 6.37. The molecule has 18 heavy (non-hydrogen) atoms. The summed E-state index contributed by atoms with van der Waals surface area (Å²) in [4.78, 5) is 0. The molecule has 2 unspecified atom stereocenters. The molecular weight excluding hydrogens is 222 g/mol. The molecule has 0 saturated heterocycles. The Morgan fingerprint density at radius 2 is 1.72 bits per heavy atom. The molecule has 0 heterocycles. The van der Waals surface area contributed by atoms with Crippen LogP contribution in [-0.2, 0) is 4.74 Å². The number of hydrogen-bond acceptors (Lipinski definition) is 2. The Hall–Kier alpha value is -0.860. The van der Waals surface area contributed by atoms with Gasteiger partial charge in [-0.1, -0.05) is 38.1 Å².